The van der Waals surface area contributed by atoms with E-state index in [1.807, 2.05) is 61.5 Å². The van der Waals surface area contributed by atoms with Crippen LogP contribution in [-0.4, -0.2) is 15.0 Å². The van der Waals surface area contributed by atoms with Crippen LogP contribution in [0.5, 0.6) is 0 Å². The van der Waals surface area contributed by atoms with Gasteiger partial charge >= 0.3 is 0 Å². The minimum absolute atomic E-state index is 0.651. The van der Waals surface area contributed by atoms with E-state index in [1.54, 1.807) is 0 Å². The smallest absolute Gasteiger partial charge is 0.163 e. The minimum Gasteiger partial charge on any atom is -0.456 e. The molecule has 0 N–H and O–H groups in total. The molecule has 4 nitrogen and oxygen atoms in total. The zero-order valence-electron chi connectivity index (χ0n) is 14.9. The van der Waals surface area contributed by atoms with Crippen LogP contribution in [0.3, 0.4) is 0 Å². The second-order valence-electron chi connectivity index (χ2n) is 6.59. The third kappa shape index (κ3) is 2.95. The third-order valence-electron chi connectivity index (χ3n) is 4.63. The maximum atomic E-state index is 5.91. The fourth-order valence-corrected chi connectivity index (χ4v) is 3.40. The number of furan rings is 1. The first-order valence-corrected chi connectivity index (χ1v) is 8.93. The zero-order chi connectivity index (χ0) is 18.2. The Morgan fingerprint density at radius 3 is 2.41 bits per heavy atom. The largest absolute Gasteiger partial charge is 0.456 e. The van der Waals surface area contributed by atoms with Crippen LogP contribution in [-0.2, 0) is 6.42 Å². The summed E-state index contributed by atoms with van der Waals surface area (Å²) in [7, 11) is 0. The van der Waals surface area contributed by atoms with Gasteiger partial charge in [0.2, 0.25) is 0 Å². The molecule has 0 saturated carbocycles. The van der Waals surface area contributed by atoms with Gasteiger partial charge in [0.25, 0.3) is 0 Å². The van der Waals surface area contributed by atoms with Gasteiger partial charge in [-0.05, 0) is 30.7 Å². The Morgan fingerprint density at radius 2 is 1.52 bits per heavy atom. The SMILES string of the molecule is Cc1nc(Cc2ccc3oc4ccccc4c3c2)nc(-c2ccccc2)n1. The Bertz CT molecular complexity index is 1260. The summed E-state index contributed by atoms with van der Waals surface area (Å²) in [4.78, 5) is 13.7. The first-order valence-electron chi connectivity index (χ1n) is 8.93. The first-order chi connectivity index (χ1) is 13.3. The van der Waals surface area contributed by atoms with Crippen molar-refractivity contribution in [3.05, 3.63) is 90.0 Å². The number of nitrogens with zero attached hydrogens (tertiary/aromatic N) is 3. The number of hydrogen-bond donors (Lipinski definition) is 0. The van der Waals surface area contributed by atoms with E-state index in [1.165, 1.54) is 0 Å². The summed E-state index contributed by atoms with van der Waals surface area (Å²) in [5.74, 6) is 2.22. The standard InChI is InChI=1S/C23H17N3O/c1-15-24-22(26-23(25-15)17-7-3-2-4-8-17)14-16-11-12-21-19(13-16)18-9-5-6-10-20(18)27-21/h2-13H,14H2,1H3. The van der Waals surface area contributed by atoms with Crippen molar-refractivity contribution in [3.63, 3.8) is 0 Å². The average Bonchev–Trinajstić information content (AvgIpc) is 3.06. The lowest BCUT2D eigenvalue weighted by Crippen LogP contribution is -2.03. The van der Waals surface area contributed by atoms with Crippen LogP contribution in [0, 0.1) is 6.92 Å². The second kappa shape index (κ2) is 6.32. The number of hydrogen-bond acceptors (Lipinski definition) is 4. The van der Waals surface area contributed by atoms with Crippen molar-refractivity contribution in [3.8, 4) is 11.4 Å². The highest BCUT2D eigenvalue weighted by molar-refractivity contribution is 6.04. The molecule has 0 saturated heterocycles. The Hall–Kier alpha value is -3.53. The quantitative estimate of drug-likeness (QED) is 0.440. The van der Waals surface area contributed by atoms with Gasteiger partial charge in [-0.1, -0.05) is 54.6 Å². The van der Waals surface area contributed by atoms with E-state index in [4.69, 9.17) is 4.42 Å². The van der Waals surface area contributed by atoms with Gasteiger partial charge in [0.05, 0.1) is 0 Å². The van der Waals surface area contributed by atoms with Crippen LogP contribution < -0.4 is 0 Å². The number of rotatable bonds is 3. The van der Waals surface area contributed by atoms with Crippen molar-refractivity contribution in [2.45, 2.75) is 13.3 Å². The van der Waals surface area contributed by atoms with E-state index in [9.17, 15) is 0 Å². The molecule has 0 radical (unpaired) electrons. The molecule has 3 aromatic carbocycles. The van der Waals surface area contributed by atoms with Crippen LogP contribution in [0.1, 0.15) is 17.2 Å². The van der Waals surface area contributed by atoms with Crippen LogP contribution in [0.4, 0.5) is 0 Å². The fraction of sp³-hybridized carbons (Fsp3) is 0.0870. The second-order valence-corrected chi connectivity index (χ2v) is 6.59. The summed E-state index contributed by atoms with van der Waals surface area (Å²) in [6.07, 6.45) is 0.651. The van der Waals surface area contributed by atoms with Gasteiger partial charge in [-0.25, -0.2) is 15.0 Å². The molecule has 0 fully saturated rings. The molecule has 0 unspecified atom stereocenters. The molecule has 27 heavy (non-hydrogen) atoms. The van der Waals surface area contributed by atoms with Gasteiger partial charge in [0.1, 0.15) is 22.8 Å². The topological polar surface area (TPSA) is 51.8 Å². The number of aryl methyl sites for hydroxylation is 1. The minimum atomic E-state index is 0.651. The van der Waals surface area contributed by atoms with E-state index in [-0.39, 0.29) is 0 Å². The van der Waals surface area contributed by atoms with E-state index in [2.05, 4.69) is 33.2 Å². The van der Waals surface area contributed by atoms with Gasteiger partial charge < -0.3 is 4.42 Å². The van der Waals surface area contributed by atoms with Crippen LogP contribution >= 0.6 is 0 Å². The molecule has 0 aliphatic rings. The lowest BCUT2D eigenvalue weighted by Gasteiger charge is -2.06. The van der Waals surface area contributed by atoms with E-state index in [0.29, 0.717) is 12.2 Å². The molecule has 4 heteroatoms. The van der Waals surface area contributed by atoms with Crippen molar-refractivity contribution in [2.75, 3.05) is 0 Å². The Kier molecular flexibility index (Phi) is 3.68. The van der Waals surface area contributed by atoms with Crippen LogP contribution in [0.15, 0.2) is 77.2 Å². The van der Waals surface area contributed by atoms with Crippen molar-refractivity contribution in [1.82, 2.24) is 15.0 Å². The van der Waals surface area contributed by atoms with Crippen LogP contribution in [0.2, 0.25) is 0 Å². The van der Waals surface area contributed by atoms with E-state index < -0.39 is 0 Å². The Balaban J connectivity index is 1.55. The Labute approximate surface area is 156 Å². The van der Waals surface area contributed by atoms with Gasteiger partial charge in [0.15, 0.2) is 5.82 Å². The molecule has 130 valence electrons. The molecule has 2 aromatic heterocycles. The maximum absolute atomic E-state index is 5.91. The maximum Gasteiger partial charge on any atom is 0.163 e. The Morgan fingerprint density at radius 1 is 0.741 bits per heavy atom. The molecule has 5 aromatic rings. The van der Waals surface area contributed by atoms with Gasteiger partial charge in [0, 0.05) is 22.8 Å². The molecule has 2 heterocycles. The number of aromatic nitrogens is 3. The lowest BCUT2D eigenvalue weighted by molar-refractivity contribution is 0.669. The average molecular weight is 351 g/mol. The number of benzene rings is 3. The number of fused-ring (bicyclic) bond motifs is 3. The zero-order valence-corrected chi connectivity index (χ0v) is 14.9. The normalized spacial score (nSPS) is 11.3. The monoisotopic (exact) mass is 351 g/mol. The number of para-hydroxylation sites is 1. The fourth-order valence-electron chi connectivity index (χ4n) is 3.40. The summed E-state index contributed by atoms with van der Waals surface area (Å²) in [5, 5.41) is 2.25. The molecule has 0 atom stereocenters. The summed E-state index contributed by atoms with van der Waals surface area (Å²) in [6, 6.07) is 24.4. The predicted octanol–water partition coefficient (Wildman–Crippen LogP) is 5.34. The summed E-state index contributed by atoms with van der Waals surface area (Å²) in [6.45, 7) is 1.91. The predicted molar refractivity (Wildman–Crippen MR) is 107 cm³/mol. The highest BCUT2D eigenvalue weighted by Gasteiger charge is 2.10. The van der Waals surface area contributed by atoms with Gasteiger partial charge in [-0.3, -0.25) is 0 Å². The lowest BCUT2D eigenvalue weighted by atomic mass is 10.1. The first kappa shape index (κ1) is 15.7. The van der Waals surface area contributed by atoms with Crippen molar-refractivity contribution >= 4 is 21.9 Å². The van der Waals surface area contributed by atoms with E-state index >= 15 is 0 Å². The summed E-state index contributed by atoms with van der Waals surface area (Å²) < 4.78 is 5.91. The van der Waals surface area contributed by atoms with Crippen molar-refractivity contribution in [2.24, 2.45) is 0 Å². The van der Waals surface area contributed by atoms with Gasteiger partial charge in [-0.2, -0.15) is 0 Å². The third-order valence-corrected chi connectivity index (χ3v) is 4.63. The molecule has 0 bridgehead atoms. The molecule has 0 amide bonds. The molecular weight excluding hydrogens is 334 g/mol. The molecular formula is C23H17N3O. The summed E-state index contributed by atoms with van der Waals surface area (Å²) >= 11 is 0. The molecule has 0 spiro atoms. The van der Waals surface area contributed by atoms with Crippen molar-refractivity contribution in [1.29, 1.82) is 0 Å². The summed E-state index contributed by atoms with van der Waals surface area (Å²) in [5.41, 5.74) is 3.96. The molecule has 0 aliphatic carbocycles. The molecule has 0 aliphatic heterocycles. The van der Waals surface area contributed by atoms with Crippen molar-refractivity contribution < 1.29 is 4.42 Å². The van der Waals surface area contributed by atoms with Crippen LogP contribution in [0.25, 0.3) is 33.3 Å². The highest BCUT2D eigenvalue weighted by Crippen LogP contribution is 2.29. The van der Waals surface area contributed by atoms with Gasteiger partial charge in [-0.15, -0.1) is 0 Å². The molecule has 5 rings (SSSR count). The highest BCUT2D eigenvalue weighted by atomic mass is 16.3. The van der Waals surface area contributed by atoms with E-state index in [0.717, 1.165) is 44.7 Å².